The van der Waals surface area contributed by atoms with Gasteiger partial charge in [0.05, 0.1) is 0 Å². The van der Waals surface area contributed by atoms with Gasteiger partial charge in [-0.3, -0.25) is 0 Å². The van der Waals surface area contributed by atoms with Gasteiger partial charge >= 0.3 is 107 Å². The molecule has 2 nitrogen and oxygen atoms in total. The molecule has 0 aromatic carbocycles. The van der Waals surface area contributed by atoms with Crippen LogP contribution in [0.4, 0.5) is 0 Å². The van der Waals surface area contributed by atoms with E-state index in [2.05, 4.69) is 0 Å². The molecule has 0 N–H and O–H groups in total. The minimum atomic E-state index is -4.37. The molecule has 0 unspecified atom stereocenters. The first-order chi connectivity index (χ1) is 7.49. The van der Waals surface area contributed by atoms with Crippen LogP contribution in [0.25, 0.3) is 11.4 Å². The number of hydrogen-bond acceptors (Lipinski definition) is 0. The second kappa shape index (κ2) is 3.25. The van der Waals surface area contributed by atoms with Crippen LogP contribution < -0.4 is 5.64 Å². The van der Waals surface area contributed by atoms with E-state index in [0.29, 0.717) is 0 Å². The maximum atomic E-state index is 6.53. The molecule has 0 bridgehead atoms. The second-order valence-corrected chi connectivity index (χ2v) is 24.5. The summed E-state index contributed by atoms with van der Waals surface area (Å²) in [6, 6.07) is 11.6. The van der Waals surface area contributed by atoms with Crippen molar-refractivity contribution in [2.45, 2.75) is 0 Å². The van der Waals surface area contributed by atoms with Gasteiger partial charge in [0, 0.05) is 0 Å². The molecule has 83 valence electrons. The van der Waals surface area contributed by atoms with E-state index in [1.807, 2.05) is 54.4 Å². The average Bonchev–Trinajstić information content (AvgIpc) is 2.47. The van der Waals surface area contributed by atoms with Crippen LogP contribution in [-0.2, 0) is 0 Å². The summed E-state index contributed by atoms with van der Waals surface area (Å²) in [4.78, 5) is 0. The van der Waals surface area contributed by atoms with E-state index in [-0.39, 0.29) is 0 Å². The third-order valence-electron chi connectivity index (χ3n) is 2.53. The molecule has 1 aliphatic heterocycles. The monoisotopic (exact) mass is 391 g/mol. The van der Waals surface area contributed by atoms with Gasteiger partial charge in [0.1, 0.15) is 0 Å². The molecule has 0 amide bonds. The zero-order valence-corrected chi connectivity index (χ0v) is 12.7. The first-order valence-corrected chi connectivity index (χ1v) is 15.6. The zero-order chi connectivity index (χ0) is 11.4. The van der Waals surface area contributed by atoms with Crippen molar-refractivity contribution in [1.82, 2.24) is 0 Å². The average molecular weight is 390 g/mol. The van der Waals surface area contributed by atoms with Gasteiger partial charge < -0.3 is 0 Å². The van der Waals surface area contributed by atoms with Crippen LogP contribution in [0.2, 0.25) is 0 Å². The molecule has 16 heavy (non-hydrogen) atoms. The standard InChI is InChI=1S/C10H8Cl3N2Te/c11-16(12,13)14-7-3-1-5-9(14)10-6-2-4-8-15(10)16/h1-8H/q+2. The summed E-state index contributed by atoms with van der Waals surface area (Å²) in [5.74, 6) is 0. The molecule has 0 atom stereocenters. The second-order valence-electron chi connectivity index (χ2n) is 3.49. The van der Waals surface area contributed by atoms with Crippen LogP contribution in [0.3, 0.4) is 0 Å². The molecule has 3 heterocycles. The number of fused-ring (bicyclic) bond motifs is 3. The Morgan fingerprint density at radius 2 is 1.19 bits per heavy atom. The molecule has 0 spiro atoms. The molecule has 0 aliphatic carbocycles. The van der Waals surface area contributed by atoms with Crippen molar-refractivity contribution in [1.29, 1.82) is 0 Å². The summed E-state index contributed by atoms with van der Waals surface area (Å²) < 4.78 is 3.64. The van der Waals surface area contributed by atoms with E-state index in [9.17, 15) is 0 Å². The Balaban J connectivity index is 2.50. The molecule has 0 saturated carbocycles. The molecule has 0 fully saturated rings. The topological polar surface area (TPSA) is 7.76 Å². The van der Waals surface area contributed by atoms with Crippen LogP contribution >= 0.6 is 26.9 Å². The van der Waals surface area contributed by atoms with E-state index in [4.69, 9.17) is 26.9 Å². The molecular weight excluding hydrogens is 382 g/mol. The van der Waals surface area contributed by atoms with Crippen molar-refractivity contribution in [2.24, 2.45) is 0 Å². The van der Waals surface area contributed by atoms with E-state index in [1.165, 1.54) is 0 Å². The Bertz CT molecular complexity index is 542. The molecule has 0 saturated heterocycles. The van der Waals surface area contributed by atoms with Crippen LogP contribution in [0.15, 0.2) is 48.8 Å². The third-order valence-corrected chi connectivity index (χ3v) is 13.9. The Labute approximate surface area is 106 Å². The Morgan fingerprint density at radius 3 is 1.62 bits per heavy atom. The number of aromatic nitrogens is 2. The van der Waals surface area contributed by atoms with E-state index >= 15 is 0 Å². The fourth-order valence-corrected chi connectivity index (χ4v) is 11.4. The molecular formula is C10H8Cl3N2Te+2. The Hall–Kier alpha value is -0.0404. The van der Waals surface area contributed by atoms with Crippen LogP contribution in [0.1, 0.15) is 0 Å². The number of rotatable bonds is 0. The van der Waals surface area contributed by atoms with Gasteiger partial charge in [-0.05, 0) is 0 Å². The number of hydrogen-bond donors (Lipinski definition) is 0. The van der Waals surface area contributed by atoms with Gasteiger partial charge in [-0.2, -0.15) is 0 Å². The third kappa shape index (κ3) is 1.33. The number of pyridine rings is 2. The molecule has 2 aromatic rings. The summed E-state index contributed by atoms with van der Waals surface area (Å²) in [5.41, 5.74) is 1.92. The van der Waals surface area contributed by atoms with Gasteiger partial charge in [0.2, 0.25) is 0 Å². The summed E-state index contributed by atoms with van der Waals surface area (Å²) in [6.07, 6.45) is 3.68. The van der Waals surface area contributed by atoms with Gasteiger partial charge in [0.25, 0.3) is 0 Å². The SMILES string of the molecule is Cl[Te]1(Cl)(Cl)[n+]2ccccc2-c2cccc[n+]21. The summed E-state index contributed by atoms with van der Waals surface area (Å²) in [6.45, 7) is 0. The van der Waals surface area contributed by atoms with E-state index < -0.39 is 14.0 Å². The van der Waals surface area contributed by atoms with Gasteiger partial charge in [-0.1, -0.05) is 0 Å². The van der Waals surface area contributed by atoms with Crippen LogP contribution in [0, 0.1) is 0 Å². The minimum absolute atomic E-state index is 0.959. The van der Waals surface area contributed by atoms with Gasteiger partial charge in [-0.25, -0.2) is 0 Å². The van der Waals surface area contributed by atoms with Crippen LogP contribution in [0.5, 0.6) is 0 Å². The van der Waals surface area contributed by atoms with Gasteiger partial charge in [-0.15, -0.1) is 0 Å². The molecule has 1 radical (unpaired) electrons. The van der Waals surface area contributed by atoms with Crippen molar-refractivity contribution < 1.29 is 5.64 Å². The van der Waals surface area contributed by atoms with Crippen molar-refractivity contribution >= 4 is 40.9 Å². The Kier molecular flexibility index (Phi) is 2.25. The molecule has 1 aliphatic rings. The summed E-state index contributed by atoms with van der Waals surface area (Å²) in [5, 5.41) is 0. The summed E-state index contributed by atoms with van der Waals surface area (Å²) in [7, 11) is 19.6. The van der Waals surface area contributed by atoms with E-state index in [1.54, 1.807) is 0 Å². The predicted molar refractivity (Wildman–Crippen MR) is 66.4 cm³/mol. The van der Waals surface area contributed by atoms with Crippen molar-refractivity contribution in [2.75, 3.05) is 0 Å². The molecule has 2 aromatic heterocycles. The first kappa shape index (κ1) is 11.1. The number of nitrogens with zero attached hydrogens (tertiary/aromatic N) is 2. The van der Waals surface area contributed by atoms with Crippen LogP contribution in [-0.4, -0.2) is 14.0 Å². The van der Waals surface area contributed by atoms with Crippen molar-refractivity contribution in [3.05, 3.63) is 48.8 Å². The fourth-order valence-electron chi connectivity index (χ4n) is 1.85. The fraction of sp³-hybridized carbons (Fsp3) is 0. The van der Waals surface area contributed by atoms with E-state index in [0.717, 1.165) is 11.4 Å². The zero-order valence-electron chi connectivity index (χ0n) is 8.06. The molecule has 6 heteroatoms. The first-order valence-electron chi connectivity index (χ1n) is 4.62. The quantitative estimate of drug-likeness (QED) is 0.610. The van der Waals surface area contributed by atoms with Gasteiger partial charge in [0.15, 0.2) is 0 Å². The normalized spacial score (nSPS) is 21.6. The van der Waals surface area contributed by atoms with Crippen molar-refractivity contribution in [3.63, 3.8) is 0 Å². The predicted octanol–water partition coefficient (Wildman–Crippen LogP) is 2.24. The maximum absolute atomic E-state index is 6.53. The summed E-state index contributed by atoms with van der Waals surface area (Å²) >= 11 is -4.37. The Morgan fingerprint density at radius 1 is 0.750 bits per heavy atom. The molecule has 3 rings (SSSR count). The number of halogens is 3. The van der Waals surface area contributed by atoms with Crippen molar-refractivity contribution in [3.8, 4) is 11.4 Å².